The highest BCUT2D eigenvalue weighted by atomic mass is 35.5. The van der Waals surface area contributed by atoms with Crippen molar-refractivity contribution in [2.45, 2.75) is 62.6 Å². The van der Waals surface area contributed by atoms with Gasteiger partial charge in [0.25, 0.3) is 10.0 Å². The minimum absolute atomic E-state index is 0.0284. The number of sulfonamides is 1. The monoisotopic (exact) mass is 627 g/mol. The average molecular weight is 628 g/mol. The highest BCUT2D eigenvalue weighted by molar-refractivity contribution is 7.92. The van der Waals surface area contributed by atoms with E-state index in [9.17, 15) is 18.0 Å². The Balaban J connectivity index is 1.70. The molecule has 0 radical (unpaired) electrons. The molecule has 9 nitrogen and oxygen atoms in total. The van der Waals surface area contributed by atoms with Crippen molar-refractivity contribution in [1.29, 1.82) is 0 Å². The van der Waals surface area contributed by atoms with Crippen LogP contribution < -0.4 is 19.1 Å². The van der Waals surface area contributed by atoms with E-state index in [4.69, 9.17) is 21.1 Å². The zero-order chi connectivity index (χ0) is 31.0. The third-order valence-electron chi connectivity index (χ3n) is 7.67. The normalized spacial score (nSPS) is 14.4. The molecule has 0 aromatic heterocycles. The molecule has 0 saturated heterocycles. The van der Waals surface area contributed by atoms with Crippen LogP contribution in [0.1, 0.15) is 44.6 Å². The quantitative estimate of drug-likeness (QED) is 0.288. The third kappa shape index (κ3) is 8.00. The van der Waals surface area contributed by atoms with E-state index in [-0.39, 0.29) is 34.8 Å². The molecule has 1 saturated carbocycles. The summed E-state index contributed by atoms with van der Waals surface area (Å²) < 4.78 is 39.9. The first-order chi connectivity index (χ1) is 20.6. The third-order valence-corrected chi connectivity index (χ3v) is 9.69. The number of benzene rings is 3. The molecule has 0 aliphatic heterocycles. The Morgan fingerprint density at radius 1 is 0.930 bits per heavy atom. The van der Waals surface area contributed by atoms with Gasteiger partial charge in [-0.15, -0.1) is 0 Å². The highest BCUT2D eigenvalue weighted by Gasteiger charge is 2.34. The summed E-state index contributed by atoms with van der Waals surface area (Å²) in [5.74, 6) is -0.0640. The molecule has 1 fully saturated rings. The van der Waals surface area contributed by atoms with Gasteiger partial charge in [0.2, 0.25) is 11.8 Å². The fourth-order valence-corrected chi connectivity index (χ4v) is 6.71. The summed E-state index contributed by atoms with van der Waals surface area (Å²) >= 11 is 6.09. The second kappa shape index (κ2) is 14.6. The molecule has 0 heterocycles. The van der Waals surface area contributed by atoms with E-state index < -0.39 is 28.5 Å². The molecule has 1 unspecified atom stereocenters. The van der Waals surface area contributed by atoms with Crippen LogP contribution in [0.3, 0.4) is 0 Å². The van der Waals surface area contributed by atoms with Crippen molar-refractivity contribution >= 4 is 39.1 Å². The first kappa shape index (κ1) is 32.2. The Bertz CT molecular complexity index is 1490. The van der Waals surface area contributed by atoms with Gasteiger partial charge in [-0.25, -0.2) is 8.42 Å². The van der Waals surface area contributed by atoms with Crippen LogP contribution in [0.5, 0.6) is 11.5 Å². The number of nitrogens with zero attached hydrogens (tertiary/aromatic N) is 2. The molecule has 0 bridgehead atoms. The first-order valence-corrected chi connectivity index (χ1v) is 16.1. The lowest BCUT2D eigenvalue weighted by Gasteiger charge is -2.33. The maximum absolute atomic E-state index is 14.2. The number of methoxy groups -OCH3 is 2. The van der Waals surface area contributed by atoms with Crippen LogP contribution in [-0.4, -0.2) is 58.0 Å². The molecular formula is C32H38ClN3O6S. The number of halogens is 1. The molecule has 43 heavy (non-hydrogen) atoms. The Kier molecular flexibility index (Phi) is 10.9. The number of para-hydroxylation sites is 2. The van der Waals surface area contributed by atoms with Crippen molar-refractivity contribution in [2.24, 2.45) is 0 Å². The lowest BCUT2D eigenvalue weighted by Crippen LogP contribution is -2.53. The summed E-state index contributed by atoms with van der Waals surface area (Å²) in [6.45, 7) is 1.18. The molecule has 3 aromatic rings. The van der Waals surface area contributed by atoms with E-state index in [1.807, 2.05) is 0 Å². The summed E-state index contributed by atoms with van der Waals surface area (Å²) in [6.07, 6.45) is 5.02. The van der Waals surface area contributed by atoms with Gasteiger partial charge in [-0.3, -0.25) is 13.9 Å². The Labute approximate surface area is 258 Å². The summed E-state index contributed by atoms with van der Waals surface area (Å²) in [4.78, 5) is 29.0. The summed E-state index contributed by atoms with van der Waals surface area (Å²) in [5, 5.41) is 3.64. The Morgan fingerprint density at radius 3 is 2.21 bits per heavy atom. The van der Waals surface area contributed by atoms with Crippen LogP contribution >= 0.6 is 11.6 Å². The first-order valence-electron chi connectivity index (χ1n) is 14.3. The van der Waals surface area contributed by atoms with Crippen LogP contribution in [-0.2, 0) is 26.2 Å². The smallest absolute Gasteiger partial charge is 0.264 e. The van der Waals surface area contributed by atoms with Gasteiger partial charge in [0.1, 0.15) is 24.1 Å². The van der Waals surface area contributed by atoms with Crippen molar-refractivity contribution in [3.05, 3.63) is 83.4 Å². The fourth-order valence-electron chi connectivity index (χ4n) is 5.16. The average Bonchev–Trinajstić information content (AvgIpc) is 3.03. The van der Waals surface area contributed by atoms with Gasteiger partial charge >= 0.3 is 0 Å². The van der Waals surface area contributed by atoms with Crippen molar-refractivity contribution in [3.63, 3.8) is 0 Å². The molecular weight excluding hydrogens is 590 g/mol. The van der Waals surface area contributed by atoms with Crippen LogP contribution in [0.4, 0.5) is 5.69 Å². The molecule has 4 rings (SSSR count). The predicted octanol–water partition coefficient (Wildman–Crippen LogP) is 5.42. The van der Waals surface area contributed by atoms with Gasteiger partial charge in [-0.1, -0.05) is 55.1 Å². The van der Waals surface area contributed by atoms with E-state index >= 15 is 0 Å². The van der Waals surface area contributed by atoms with Crippen LogP contribution in [0.15, 0.2) is 77.7 Å². The molecule has 1 atom stereocenters. The Hall–Kier alpha value is -3.76. The van der Waals surface area contributed by atoms with Crippen molar-refractivity contribution in [1.82, 2.24) is 10.2 Å². The molecule has 0 spiro atoms. The molecule has 1 aliphatic rings. The fraction of sp³-hybridized carbons (Fsp3) is 0.375. The largest absolute Gasteiger partial charge is 0.497 e. The van der Waals surface area contributed by atoms with Gasteiger partial charge in [-0.05, 0) is 73.9 Å². The van der Waals surface area contributed by atoms with Crippen LogP contribution in [0, 0.1) is 0 Å². The number of carbonyl (C=O) groups is 2. The summed E-state index contributed by atoms with van der Waals surface area (Å²) in [5.41, 5.74) is 0.942. The van der Waals surface area contributed by atoms with Crippen molar-refractivity contribution in [2.75, 3.05) is 25.1 Å². The zero-order valence-electron chi connectivity index (χ0n) is 24.7. The van der Waals surface area contributed by atoms with E-state index in [1.54, 1.807) is 67.6 Å². The summed E-state index contributed by atoms with van der Waals surface area (Å²) in [7, 11) is -1.33. The van der Waals surface area contributed by atoms with Crippen LogP contribution in [0.25, 0.3) is 0 Å². The van der Waals surface area contributed by atoms with E-state index in [1.165, 1.54) is 31.3 Å². The second-order valence-electron chi connectivity index (χ2n) is 10.5. The highest BCUT2D eigenvalue weighted by Crippen LogP contribution is 2.33. The lowest BCUT2D eigenvalue weighted by atomic mass is 9.95. The Morgan fingerprint density at radius 2 is 1.58 bits per heavy atom. The second-order valence-corrected chi connectivity index (χ2v) is 12.8. The number of ether oxygens (including phenoxy) is 2. The molecule has 3 aromatic carbocycles. The number of nitrogens with one attached hydrogen (secondary N) is 1. The molecule has 1 aliphatic carbocycles. The van der Waals surface area contributed by atoms with Gasteiger partial charge < -0.3 is 19.7 Å². The van der Waals surface area contributed by atoms with Crippen LogP contribution in [0.2, 0.25) is 5.02 Å². The van der Waals surface area contributed by atoms with Gasteiger partial charge in [0.15, 0.2) is 0 Å². The van der Waals surface area contributed by atoms with Crippen molar-refractivity contribution < 1.29 is 27.5 Å². The van der Waals surface area contributed by atoms with Crippen molar-refractivity contribution in [3.8, 4) is 11.5 Å². The van der Waals surface area contributed by atoms with E-state index in [0.29, 0.717) is 10.8 Å². The zero-order valence-corrected chi connectivity index (χ0v) is 26.2. The predicted molar refractivity (Wildman–Crippen MR) is 167 cm³/mol. The van der Waals surface area contributed by atoms with E-state index in [0.717, 1.165) is 42.0 Å². The van der Waals surface area contributed by atoms with Gasteiger partial charge in [0, 0.05) is 17.6 Å². The lowest BCUT2D eigenvalue weighted by molar-refractivity contribution is -0.139. The number of hydrogen-bond donors (Lipinski definition) is 1. The molecule has 1 N–H and O–H groups in total. The standard InChI is InChI=1S/C32H38ClN3O6S/c1-23(32(38)34-26-9-5-4-6-10-26)35(21-24-13-15-25(33)16-14-24)31(37)22-36(29-11-7-8-12-30(29)42-3)43(39,40)28-19-17-27(41-2)18-20-28/h7-8,11-20,23,26H,4-6,9-10,21-22H2,1-3H3,(H,34,38). The van der Waals surface area contributed by atoms with Gasteiger partial charge in [-0.2, -0.15) is 0 Å². The number of rotatable bonds is 12. The number of anilines is 1. The SMILES string of the molecule is COc1ccc(S(=O)(=O)N(CC(=O)N(Cc2ccc(Cl)cc2)C(C)C(=O)NC2CCCCC2)c2ccccc2OC)cc1. The maximum Gasteiger partial charge on any atom is 0.264 e. The molecule has 230 valence electrons. The van der Waals surface area contributed by atoms with Gasteiger partial charge in [0.05, 0.1) is 24.8 Å². The molecule has 2 amide bonds. The minimum atomic E-state index is -4.26. The van der Waals surface area contributed by atoms with E-state index in [2.05, 4.69) is 5.32 Å². The number of carbonyl (C=O) groups excluding carboxylic acids is 2. The number of amides is 2. The maximum atomic E-state index is 14.2. The minimum Gasteiger partial charge on any atom is -0.497 e. The molecule has 11 heteroatoms. The topological polar surface area (TPSA) is 105 Å². The summed E-state index contributed by atoms with van der Waals surface area (Å²) in [6, 6.07) is 18.7. The number of hydrogen-bond acceptors (Lipinski definition) is 6.